The molecule has 1 fully saturated rings. The van der Waals surface area contributed by atoms with Crippen LogP contribution in [0.1, 0.15) is 30.7 Å². The topological polar surface area (TPSA) is 139 Å². The maximum absolute atomic E-state index is 10.9. The van der Waals surface area contributed by atoms with Crippen LogP contribution in [0, 0.1) is 0 Å². The molecule has 1 aliphatic heterocycles. The number of rotatable bonds is 10. The molecule has 0 aromatic carbocycles. The van der Waals surface area contributed by atoms with Crippen LogP contribution in [0.5, 0.6) is 0 Å². The lowest BCUT2D eigenvalue weighted by molar-refractivity contribution is -0.314. The van der Waals surface area contributed by atoms with Crippen molar-refractivity contribution >= 4 is 34.6 Å². The second-order valence-corrected chi connectivity index (χ2v) is 10.4. The Labute approximate surface area is 235 Å². The molecule has 2 aromatic heterocycles. The van der Waals surface area contributed by atoms with Gasteiger partial charge in [-0.15, -0.1) is 21.8 Å². The zero-order valence-corrected chi connectivity index (χ0v) is 22.7. The lowest BCUT2D eigenvalue weighted by Crippen LogP contribution is -2.60. The second-order valence-electron chi connectivity index (χ2n) is 9.32. The maximum Gasteiger partial charge on any atom is 0.186 e. The lowest BCUT2D eigenvalue weighted by atomic mass is 9.98. The van der Waals surface area contributed by atoms with Crippen LogP contribution in [-0.2, 0) is 32.2 Å². The van der Waals surface area contributed by atoms with E-state index in [-0.39, 0.29) is 18.6 Å². The number of allylic oxidation sites excluding steroid dienone is 8. The predicted octanol–water partition coefficient (Wildman–Crippen LogP) is 2.23. The van der Waals surface area contributed by atoms with Crippen molar-refractivity contribution in [2.75, 3.05) is 13.7 Å². The monoisotopic (exact) mass is 580 g/mol. The summed E-state index contributed by atoms with van der Waals surface area (Å²) < 4.78 is 26.6. The summed E-state index contributed by atoms with van der Waals surface area (Å²) >= 11 is 12.4. The normalized spacial score (nSPS) is 29.2. The van der Waals surface area contributed by atoms with E-state index < -0.39 is 37.3 Å². The van der Waals surface area contributed by atoms with E-state index in [1.165, 1.54) is 7.11 Å². The molecule has 5 rings (SSSR count). The number of methoxy groups -OCH3 is 1. The van der Waals surface area contributed by atoms with Gasteiger partial charge in [0.2, 0.25) is 0 Å². The van der Waals surface area contributed by atoms with Crippen LogP contribution in [-0.4, -0.2) is 90.0 Å². The Hall–Kier alpha value is -2.42. The minimum absolute atomic E-state index is 0.0250. The first-order valence-corrected chi connectivity index (χ1v) is 13.4. The van der Waals surface area contributed by atoms with Crippen molar-refractivity contribution in [3.8, 4) is 0 Å². The summed E-state index contributed by atoms with van der Waals surface area (Å²) in [7, 11) is 1.45. The fraction of sp³-hybridized carbons (Fsp3) is 0.520. The first kappa shape index (κ1) is 28.1. The third-order valence-corrected chi connectivity index (χ3v) is 7.13. The van der Waals surface area contributed by atoms with E-state index in [0.717, 1.165) is 35.7 Å². The molecule has 1 saturated heterocycles. The molecule has 39 heavy (non-hydrogen) atoms. The van der Waals surface area contributed by atoms with Gasteiger partial charge in [-0.3, -0.25) is 0 Å². The molecule has 3 unspecified atom stereocenters. The van der Waals surface area contributed by atoms with Crippen LogP contribution in [0.3, 0.4) is 0 Å². The van der Waals surface area contributed by atoms with E-state index >= 15 is 0 Å². The Morgan fingerprint density at radius 1 is 1.08 bits per heavy atom. The molecule has 3 heterocycles. The van der Waals surface area contributed by atoms with Crippen LogP contribution in [0.25, 0.3) is 11.4 Å². The summed E-state index contributed by atoms with van der Waals surface area (Å²) in [5.41, 5.74) is 2.72. The Morgan fingerprint density at radius 2 is 1.77 bits per heavy atom. The Balaban J connectivity index is 1.27. The second kappa shape index (κ2) is 12.8. The smallest absolute Gasteiger partial charge is 0.186 e. The largest absolute Gasteiger partial charge is 0.394 e. The molecule has 0 amide bonds. The highest BCUT2D eigenvalue weighted by atomic mass is 35.5. The number of hydrogen-bond acceptors (Lipinski definition) is 10. The SMILES string of the molecule is CO[C@@H]1OC(CO)[C@H](O)[C@H](OCc2cn(C3=CCCC(Cl)=C3)nn2)C1OCc1cn(C2=CC(Cl)CC=C2)nn1. The summed E-state index contributed by atoms with van der Waals surface area (Å²) in [5.74, 6) is 0. The molecule has 2 aliphatic carbocycles. The minimum Gasteiger partial charge on any atom is -0.394 e. The van der Waals surface area contributed by atoms with Gasteiger partial charge < -0.3 is 29.2 Å². The fourth-order valence-corrected chi connectivity index (χ4v) is 4.99. The average Bonchev–Trinajstić information content (AvgIpc) is 3.61. The first-order valence-electron chi connectivity index (χ1n) is 12.6. The Kier molecular flexibility index (Phi) is 9.25. The number of ether oxygens (including phenoxy) is 4. The van der Waals surface area contributed by atoms with Gasteiger partial charge in [-0.1, -0.05) is 34.2 Å². The summed E-state index contributed by atoms with van der Waals surface area (Å²) in [5, 5.41) is 38.0. The quantitative estimate of drug-likeness (QED) is 0.402. The van der Waals surface area contributed by atoms with Crippen LogP contribution in [0.4, 0.5) is 0 Å². The highest BCUT2D eigenvalue weighted by Gasteiger charge is 2.47. The van der Waals surface area contributed by atoms with Crippen molar-refractivity contribution in [1.82, 2.24) is 30.0 Å². The van der Waals surface area contributed by atoms with E-state index in [2.05, 4.69) is 20.6 Å². The fourth-order valence-electron chi connectivity index (χ4n) is 4.53. The maximum atomic E-state index is 10.9. The molecule has 6 atom stereocenters. The molecule has 0 radical (unpaired) electrons. The number of halogens is 2. The van der Waals surface area contributed by atoms with Gasteiger partial charge in [-0.25, -0.2) is 9.36 Å². The van der Waals surface area contributed by atoms with Crippen LogP contribution >= 0.6 is 23.2 Å². The van der Waals surface area contributed by atoms with Crippen molar-refractivity contribution in [3.63, 3.8) is 0 Å². The van der Waals surface area contributed by atoms with Gasteiger partial charge in [-0.2, -0.15) is 0 Å². The summed E-state index contributed by atoms with van der Waals surface area (Å²) in [6.45, 7) is -0.357. The van der Waals surface area contributed by atoms with Crippen molar-refractivity contribution < 1.29 is 29.2 Å². The van der Waals surface area contributed by atoms with Gasteiger partial charge in [0.15, 0.2) is 6.29 Å². The Morgan fingerprint density at radius 3 is 2.41 bits per heavy atom. The highest BCUT2D eigenvalue weighted by molar-refractivity contribution is 6.30. The van der Waals surface area contributed by atoms with Gasteiger partial charge in [0, 0.05) is 12.1 Å². The van der Waals surface area contributed by atoms with E-state index in [9.17, 15) is 10.2 Å². The zero-order valence-electron chi connectivity index (χ0n) is 21.2. The molecular weight excluding hydrogens is 551 g/mol. The summed E-state index contributed by atoms with van der Waals surface area (Å²) in [4.78, 5) is 0. The molecule has 0 spiro atoms. The molecule has 0 bridgehead atoms. The number of aromatic nitrogens is 6. The van der Waals surface area contributed by atoms with Crippen LogP contribution in [0.15, 0.2) is 47.8 Å². The van der Waals surface area contributed by atoms with Crippen molar-refractivity contribution in [1.29, 1.82) is 0 Å². The number of aliphatic hydroxyl groups is 2. The standard InChI is InChI=1S/C25H30Cl2N6O6/c1-36-25-24(38-14-18-11-33(31-29-18)20-7-3-5-16(27)9-20)23(22(35)21(12-34)39-25)37-13-17-10-32(30-28-17)19-6-2-4-15(26)8-19/h3,6-11,16,21-25,34-35H,2,4-5,12-14H2,1H3/t16?,21?,22-,23-,24?,25+/m0/s1. The van der Waals surface area contributed by atoms with E-state index in [1.54, 1.807) is 21.8 Å². The van der Waals surface area contributed by atoms with E-state index in [0.29, 0.717) is 11.4 Å². The molecule has 2 aromatic rings. The van der Waals surface area contributed by atoms with Crippen molar-refractivity contribution in [2.45, 2.75) is 68.6 Å². The third-order valence-electron chi connectivity index (χ3n) is 6.53. The Bertz CT molecular complexity index is 1260. The predicted molar refractivity (Wildman–Crippen MR) is 141 cm³/mol. The first-order chi connectivity index (χ1) is 18.9. The van der Waals surface area contributed by atoms with Crippen LogP contribution in [0.2, 0.25) is 0 Å². The lowest BCUT2D eigenvalue weighted by Gasteiger charge is -2.43. The number of aliphatic hydroxyl groups excluding tert-OH is 2. The molecule has 3 aliphatic rings. The molecule has 210 valence electrons. The van der Waals surface area contributed by atoms with Gasteiger partial charge in [0.1, 0.15) is 35.8 Å². The average molecular weight is 581 g/mol. The van der Waals surface area contributed by atoms with Gasteiger partial charge in [-0.05, 0) is 37.5 Å². The molecule has 2 N–H and O–H groups in total. The summed E-state index contributed by atoms with van der Waals surface area (Å²) in [6, 6.07) is 0. The van der Waals surface area contributed by atoms with Gasteiger partial charge in [0.25, 0.3) is 0 Å². The van der Waals surface area contributed by atoms with Gasteiger partial charge in [0.05, 0.1) is 49.0 Å². The third kappa shape index (κ3) is 6.67. The van der Waals surface area contributed by atoms with Crippen LogP contribution < -0.4 is 0 Å². The van der Waals surface area contributed by atoms with E-state index in [4.69, 9.17) is 42.1 Å². The van der Waals surface area contributed by atoms with Crippen molar-refractivity contribution in [2.24, 2.45) is 0 Å². The molecule has 12 nitrogen and oxygen atoms in total. The number of nitrogens with zero attached hydrogens (tertiary/aromatic N) is 6. The molecule has 0 saturated carbocycles. The zero-order chi connectivity index (χ0) is 27.4. The highest BCUT2D eigenvalue weighted by Crippen LogP contribution is 2.28. The van der Waals surface area contributed by atoms with Gasteiger partial charge >= 0.3 is 0 Å². The minimum atomic E-state index is -1.20. The van der Waals surface area contributed by atoms with Crippen molar-refractivity contribution in [3.05, 3.63) is 59.2 Å². The number of alkyl halides is 1. The number of hydrogen-bond donors (Lipinski definition) is 2. The van der Waals surface area contributed by atoms with E-state index in [1.807, 2.05) is 30.4 Å². The molecule has 14 heteroatoms. The molecular formula is C25H30Cl2N6O6. The summed E-state index contributed by atoms with van der Waals surface area (Å²) in [6.07, 6.45) is 10.7.